The molecule has 2 saturated heterocycles. The number of piperidine rings is 2. The molecule has 24 heavy (non-hydrogen) atoms. The number of nitrogens with two attached hydrogens (primary N) is 1. The zero-order valence-corrected chi connectivity index (χ0v) is 15.5. The van der Waals surface area contributed by atoms with Crippen LogP contribution in [0.4, 0.5) is 17.3 Å². The fraction of sp³-hybridized carbons (Fsp3) is 0.778. The van der Waals surface area contributed by atoms with E-state index in [0.717, 1.165) is 37.6 Å². The van der Waals surface area contributed by atoms with Crippen molar-refractivity contribution >= 4 is 17.3 Å². The van der Waals surface area contributed by atoms with Crippen molar-refractivity contribution in [2.45, 2.75) is 76.9 Å². The predicted octanol–water partition coefficient (Wildman–Crippen LogP) is 2.77. The first kappa shape index (κ1) is 17.3. The number of hydrogen-bond donors (Lipinski definition) is 3. The third kappa shape index (κ3) is 3.91. The van der Waals surface area contributed by atoms with Crippen molar-refractivity contribution in [3.05, 3.63) is 6.33 Å². The lowest BCUT2D eigenvalue weighted by Crippen LogP contribution is -2.60. The molecule has 0 unspecified atom stereocenters. The van der Waals surface area contributed by atoms with Crippen LogP contribution in [0.2, 0.25) is 0 Å². The first-order valence-electron chi connectivity index (χ1n) is 9.17. The standard InChI is InChI=1S/C18H32N6/c1-17(2)10-13(11-18(3,4)23-17)22-15-14(19)16(21-12-20-15)24-8-6-5-7-9-24/h12-13,23H,5-11,19H2,1-4H3,(H,20,21,22). The van der Waals surface area contributed by atoms with Crippen molar-refractivity contribution in [1.29, 1.82) is 0 Å². The van der Waals surface area contributed by atoms with E-state index in [-0.39, 0.29) is 11.1 Å². The first-order valence-corrected chi connectivity index (χ1v) is 9.17. The van der Waals surface area contributed by atoms with Gasteiger partial charge in [0.15, 0.2) is 11.6 Å². The number of nitrogen functional groups attached to an aromatic ring is 1. The summed E-state index contributed by atoms with van der Waals surface area (Å²) in [5.41, 5.74) is 7.30. The van der Waals surface area contributed by atoms with Gasteiger partial charge >= 0.3 is 0 Å². The molecule has 6 heteroatoms. The smallest absolute Gasteiger partial charge is 0.157 e. The lowest BCUT2D eigenvalue weighted by molar-refractivity contribution is 0.170. The van der Waals surface area contributed by atoms with Gasteiger partial charge in [-0.25, -0.2) is 9.97 Å². The van der Waals surface area contributed by atoms with Crippen molar-refractivity contribution in [2.24, 2.45) is 0 Å². The van der Waals surface area contributed by atoms with Gasteiger partial charge < -0.3 is 21.3 Å². The van der Waals surface area contributed by atoms with Crippen molar-refractivity contribution in [3.63, 3.8) is 0 Å². The van der Waals surface area contributed by atoms with Crippen LogP contribution in [0.15, 0.2) is 6.33 Å². The van der Waals surface area contributed by atoms with E-state index in [1.54, 1.807) is 6.33 Å². The minimum Gasteiger partial charge on any atom is -0.393 e. The number of anilines is 3. The summed E-state index contributed by atoms with van der Waals surface area (Å²) in [7, 11) is 0. The van der Waals surface area contributed by atoms with Crippen molar-refractivity contribution in [2.75, 3.05) is 29.0 Å². The number of nitrogens with zero attached hydrogens (tertiary/aromatic N) is 3. The van der Waals surface area contributed by atoms with Gasteiger partial charge in [-0.05, 0) is 59.8 Å². The van der Waals surface area contributed by atoms with Crippen molar-refractivity contribution in [1.82, 2.24) is 15.3 Å². The average molecular weight is 332 g/mol. The Labute approximate surface area is 145 Å². The van der Waals surface area contributed by atoms with Gasteiger partial charge in [0.05, 0.1) is 0 Å². The molecule has 3 rings (SSSR count). The Hall–Kier alpha value is -1.56. The van der Waals surface area contributed by atoms with E-state index in [2.05, 4.69) is 53.2 Å². The van der Waals surface area contributed by atoms with Crippen LogP contribution in [0.1, 0.15) is 59.8 Å². The second kappa shape index (κ2) is 6.39. The third-order valence-corrected chi connectivity index (χ3v) is 5.05. The highest BCUT2D eigenvalue weighted by Gasteiger charge is 2.38. The topological polar surface area (TPSA) is 79.1 Å². The van der Waals surface area contributed by atoms with E-state index in [9.17, 15) is 0 Å². The molecule has 0 spiro atoms. The fourth-order valence-corrected chi connectivity index (χ4v) is 4.48. The molecule has 0 saturated carbocycles. The highest BCUT2D eigenvalue weighted by atomic mass is 15.2. The van der Waals surface area contributed by atoms with E-state index in [1.165, 1.54) is 19.3 Å². The van der Waals surface area contributed by atoms with Gasteiger partial charge in [-0.1, -0.05) is 0 Å². The summed E-state index contributed by atoms with van der Waals surface area (Å²) >= 11 is 0. The minimum absolute atomic E-state index is 0.0942. The van der Waals surface area contributed by atoms with Crippen LogP contribution in [0, 0.1) is 0 Å². The summed E-state index contributed by atoms with van der Waals surface area (Å²) in [6.45, 7) is 11.1. The summed E-state index contributed by atoms with van der Waals surface area (Å²) in [4.78, 5) is 11.2. The quantitative estimate of drug-likeness (QED) is 0.790. The third-order valence-electron chi connectivity index (χ3n) is 5.05. The molecular formula is C18H32N6. The van der Waals surface area contributed by atoms with Gasteiger partial charge in [-0.2, -0.15) is 0 Å². The SMILES string of the molecule is CC1(C)CC(Nc2ncnc(N3CCCCC3)c2N)CC(C)(C)N1. The first-order chi connectivity index (χ1) is 11.3. The van der Waals surface area contributed by atoms with Crippen LogP contribution in [-0.2, 0) is 0 Å². The molecule has 4 N–H and O–H groups in total. The molecule has 0 atom stereocenters. The van der Waals surface area contributed by atoms with Crippen molar-refractivity contribution in [3.8, 4) is 0 Å². The van der Waals surface area contributed by atoms with Gasteiger partial charge in [0.2, 0.25) is 0 Å². The molecule has 2 fully saturated rings. The van der Waals surface area contributed by atoms with Crippen LogP contribution >= 0.6 is 0 Å². The normalized spacial score (nSPS) is 23.9. The monoisotopic (exact) mass is 332 g/mol. The Morgan fingerprint density at radius 2 is 1.71 bits per heavy atom. The highest BCUT2D eigenvalue weighted by Crippen LogP contribution is 2.33. The highest BCUT2D eigenvalue weighted by molar-refractivity contribution is 5.75. The molecule has 0 aromatic carbocycles. The van der Waals surface area contributed by atoms with Crippen LogP contribution in [0.5, 0.6) is 0 Å². The summed E-state index contributed by atoms with van der Waals surface area (Å²) in [6.07, 6.45) is 7.44. The maximum absolute atomic E-state index is 6.42. The second-order valence-corrected chi connectivity index (χ2v) is 8.65. The number of aromatic nitrogens is 2. The Morgan fingerprint density at radius 1 is 1.08 bits per heavy atom. The Kier molecular flexibility index (Phi) is 4.60. The Balaban J connectivity index is 1.77. The average Bonchev–Trinajstić information content (AvgIpc) is 2.47. The van der Waals surface area contributed by atoms with Gasteiger partial charge in [0.1, 0.15) is 12.0 Å². The van der Waals surface area contributed by atoms with Gasteiger partial charge in [0, 0.05) is 30.2 Å². The zero-order valence-electron chi connectivity index (χ0n) is 15.5. The van der Waals surface area contributed by atoms with E-state index in [1.807, 2.05) is 0 Å². The molecule has 1 aromatic heterocycles. The van der Waals surface area contributed by atoms with Gasteiger partial charge in [0.25, 0.3) is 0 Å². The molecule has 1 aromatic rings. The number of rotatable bonds is 3. The summed E-state index contributed by atoms with van der Waals surface area (Å²) < 4.78 is 0. The molecule has 2 aliphatic rings. The zero-order chi connectivity index (χ0) is 17.4. The fourth-order valence-electron chi connectivity index (χ4n) is 4.48. The molecule has 0 radical (unpaired) electrons. The van der Waals surface area contributed by atoms with Gasteiger partial charge in [-0.3, -0.25) is 0 Å². The van der Waals surface area contributed by atoms with Crippen LogP contribution in [0.25, 0.3) is 0 Å². The molecular weight excluding hydrogens is 300 g/mol. The molecule has 134 valence electrons. The van der Waals surface area contributed by atoms with Crippen LogP contribution < -0.4 is 21.3 Å². The minimum atomic E-state index is 0.0942. The van der Waals surface area contributed by atoms with Crippen molar-refractivity contribution < 1.29 is 0 Å². The maximum atomic E-state index is 6.42. The molecule has 6 nitrogen and oxygen atoms in total. The number of hydrogen-bond acceptors (Lipinski definition) is 6. The molecule has 0 bridgehead atoms. The second-order valence-electron chi connectivity index (χ2n) is 8.65. The summed E-state index contributed by atoms with van der Waals surface area (Å²) in [6, 6.07) is 0.350. The van der Waals surface area contributed by atoms with E-state index >= 15 is 0 Å². The molecule has 0 amide bonds. The van der Waals surface area contributed by atoms with Crippen LogP contribution in [-0.4, -0.2) is 40.2 Å². The molecule has 2 aliphatic heterocycles. The lowest BCUT2D eigenvalue weighted by atomic mass is 9.79. The predicted molar refractivity (Wildman–Crippen MR) is 100 cm³/mol. The Bertz CT molecular complexity index is 561. The molecule has 3 heterocycles. The van der Waals surface area contributed by atoms with E-state index in [4.69, 9.17) is 5.73 Å². The summed E-state index contributed by atoms with van der Waals surface area (Å²) in [5, 5.41) is 7.31. The molecule has 0 aliphatic carbocycles. The maximum Gasteiger partial charge on any atom is 0.157 e. The number of nitrogens with one attached hydrogen (secondary N) is 2. The Morgan fingerprint density at radius 3 is 2.33 bits per heavy atom. The van der Waals surface area contributed by atoms with Gasteiger partial charge in [-0.15, -0.1) is 0 Å². The largest absolute Gasteiger partial charge is 0.393 e. The van der Waals surface area contributed by atoms with Crippen LogP contribution in [0.3, 0.4) is 0 Å². The van der Waals surface area contributed by atoms with E-state index < -0.39 is 0 Å². The lowest BCUT2D eigenvalue weighted by Gasteiger charge is -2.46. The summed E-state index contributed by atoms with van der Waals surface area (Å²) in [5.74, 6) is 1.67. The van der Waals surface area contributed by atoms with E-state index in [0.29, 0.717) is 11.7 Å².